The quantitative estimate of drug-likeness (QED) is 0.278. The van der Waals surface area contributed by atoms with Gasteiger partial charge in [0.15, 0.2) is 0 Å². The zero-order chi connectivity index (χ0) is 20.5. The van der Waals surface area contributed by atoms with Crippen LogP contribution in [0, 0.1) is 0 Å². The lowest BCUT2D eigenvalue weighted by molar-refractivity contribution is 1.19. The van der Waals surface area contributed by atoms with Crippen molar-refractivity contribution in [2.24, 2.45) is 0 Å². The summed E-state index contributed by atoms with van der Waals surface area (Å²) in [5.74, 6) is 0. The van der Waals surface area contributed by atoms with E-state index in [2.05, 4.69) is 88.4 Å². The molecule has 0 amide bonds. The first-order chi connectivity index (χ1) is 15.3. The Bertz CT molecular complexity index is 1800. The van der Waals surface area contributed by atoms with Gasteiger partial charge in [0.25, 0.3) is 0 Å². The standard InChI is InChI=1S/C28H17ClN2/c29-23-9-3-6-12-26(23)31-25-11-5-2-8-18(25)21-15-14-20-22(28(21)31)16-13-19-17-7-1-4-10-24(17)30-27(19)20/h1-16,30H. The highest BCUT2D eigenvalue weighted by Gasteiger charge is 2.17. The highest BCUT2D eigenvalue weighted by molar-refractivity contribution is 6.33. The largest absolute Gasteiger partial charge is 0.354 e. The van der Waals surface area contributed by atoms with Crippen LogP contribution >= 0.6 is 11.6 Å². The maximum Gasteiger partial charge on any atom is 0.0648 e. The lowest BCUT2D eigenvalue weighted by atomic mass is 10.0. The molecule has 2 aromatic heterocycles. The average Bonchev–Trinajstić information content (AvgIpc) is 3.35. The molecule has 0 fully saturated rings. The van der Waals surface area contributed by atoms with Crippen molar-refractivity contribution in [3.63, 3.8) is 0 Å². The smallest absolute Gasteiger partial charge is 0.0648 e. The molecule has 2 nitrogen and oxygen atoms in total. The summed E-state index contributed by atoms with van der Waals surface area (Å²) in [7, 11) is 0. The van der Waals surface area contributed by atoms with E-state index in [0.717, 1.165) is 21.7 Å². The molecule has 0 aliphatic heterocycles. The number of nitrogens with zero attached hydrogens (tertiary/aromatic N) is 1. The second kappa shape index (κ2) is 6.13. The monoisotopic (exact) mass is 416 g/mol. The van der Waals surface area contributed by atoms with Crippen molar-refractivity contribution in [3.05, 3.63) is 102 Å². The molecule has 0 radical (unpaired) electrons. The topological polar surface area (TPSA) is 20.7 Å². The molecule has 3 heteroatoms. The van der Waals surface area contributed by atoms with E-state index in [4.69, 9.17) is 11.6 Å². The van der Waals surface area contributed by atoms with Crippen LogP contribution in [0.2, 0.25) is 5.02 Å². The van der Waals surface area contributed by atoms with Crippen LogP contribution in [0.1, 0.15) is 0 Å². The molecule has 146 valence electrons. The summed E-state index contributed by atoms with van der Waals surface area (Å²) in [4.78, 5) is 3.65. The Kier molecular flexibility index (Phi) is 3.36. The van der Waals surface area contributed by atoms with Crippen LogP contribution in [0.3, 0.4) is 0 Å². The third kappa shape index (κ3) is 2.23. The van der Waals surface area contributed by atoms with Gasteiger partial charge in [-0.05, 0) is 24.3 Å². The van der Waals surface area contributed by atoms with Crippen molar-refractivity contribution in [2.75, 3.05) is 0 Å². The molecule has 0 saturated heterocycles. The molecule has 7 aromatic rings. The molecule has 5 aromatic carbocycles. The van der Waals surface area contributed by atoms with E-state index in [0.29, 0.717) is 0 Å². The van der Waals surface area contributed by atoms with Gasteiger partial charge in [-0.15, -0.1) is 0 Å². The highest BCUT2D eigenvalue weighted by atomic mass is 35.5. The van der Waals surface area contributed by atoms with Crippen LogP contribution in [0.15, 0.2) is 97.1 Å². The first-order valence-electron chi connectivity index (χ1n) is 10.4. The van der Waals surface area contributed by atoms with Crippen LogP contribution in [-0.4, -0.2) is 9.55 Å². The summed E-state index contributed by atoms with van der Waals surface area (Å²) in [6.07, 6.45) is 0. The fraction of sp³-hybridized carbons (Fsp3) is 0. The number of hydrogen-bond donors (Lipinski definition) is 1. The van der Waals surface area contributed by atoms with Crippen molar-refractivity contribution in [2.45, 2.75) is 0 Å². The maximum absolute atomic E-state index is 6.69. The van der Waals surface area contributed by atoms with Crippen LogP contribution in [0.4, 0.5) is 0 Å². The third-order valence-electron chi connectivity index (χ3n) is 6.40. The van der Waals surface area contributed by atoms with Crippen LogP contribution < -0.4 is 0 Å². The SMILES string of the molecule is Clc1ccccc1-n1c2ccccc2c2ccc3c(ccc4c5ccccc5[nH]c43)c21. The first kappa shape index (κ1) is 17.0. The first-order valence-corrected chi connectivity index (χ1v) is 10.8. The molecule has 7 rings (SSSR count). The second-order valence-corrected chi connectivity index (χ2v) is 8.43. The molecule has 1 N–H and O–H groups in total. The molecule has 0 atom stereocenters. The maximum atomic E-state index is 6.69. The van der Waals surface area contributed by atoms with Gasteiger partial charge in [0.1, 0.15) is 0 Å². The Balaban J connectivity index is 1.74. The van der Waals surface area contributed by atoms with E-state index in [-0.39, 0.29) is 0 Å². The van der Waals surface area contributed by atoms with Crippen molar-refractivity contribution >= 4 is 66.0 Å². The van der Waals surface area contributed by atoms with Gasteiger partial charge in [-0.1, -0.05) is 84.4 Å². The molecule has 0 aliphatic carbocycles. The number of benzene rings is 5. The number of nitrogens with one attached hydrogen (secondary N) is 1. The Labute approximate surface area is 183 Å². The van der Waals surface area contributed by atoms with Crippen LogP contribution in [0.25, 0.3) is 60.1 Å². The summed E-state index contributed by atoms with van der Waals surface area (Å²) >= 11 is 6.69. The highest BCUT2D eigenvalue weighted by Crippen LogP contribution is 2.40. The van der Waals surface area contributed by atoms with Gasteiger partial charge < -0.3 is 9.55 Å². The molecule has 0 unspecified atom stereocenters. The number of aromatic amines is 1. The third-order valence-corrected chi connectivity index (χ3v) is 6.72. The second-order valence-electron chi connectivity index (χ2n) is 8.02. The van der Waals surface area contributed by atoms with Crippen LogP contribution in [-0.2, 0) is 0 Å². The van der Waals surface area contributed by atoms with Crippen LogP contribution in [0.5, 0.6) is 0 Å². The number of hydrogen-bond acceptors (Lipinski definition) is 0. The van der Waals surface area contributed by atoms with Gasteiger partial charge in [0, 0.05) is 37.8 Å². The number of rotatable bonds is 1. The van der Waals surface area contributed by atoms with Crippen molar-refractivity contribution < 1.29 is 0 Å². The summed E-state index contributed by atoms with van der Waals surface area (Å²) in [5, 5.41) is 8.15. The fourth-order valence-corrected chi connectivity index (χ4v) is 5.29. The van der Waals surface area contributed by atoms with Gasteiger partial charge in [-0.2, -0.15) is 0 Å². The minimum Gasteiger partial charge on any atom is -0.354 e. The Hall–Kier alpha value is -3.75. The molecule has 0 saturated carbocycles. The zero-order valence-electron chi connectivity index (χ0n) is 16.6. The van der Waals surface area contributed by atoms with E-state index in [1.54, 1.807) is 0 Å². The van der Waals surface area contributed by atoms with Gasteiger partial charge in [-0.3, -0.25) is 0 Å². The average molecular weight is 417 g/mol. The number of H-pyrrole nitrogens is 1. The molecule has 0 spiro atoms. The predicted molar refractivity (Wildman–Crippen MR) is 133 cm³/mol. The normalized spacial score (nSPS) is 12.0. The lowest BCUT2D eigenvalue weighted by Crippen LogP contribution is -1.95. The van der Waals surface area contributed by atoms with E-state index in [1.807, 2.05) is 18.2 Å². The summed E-state index contributed by atoms with van der Waals surface area (Å²) in [6, 6.07) is 34.1. The lowest BCUT2D eigenvalue weighted by Gasteiger charge is -2.11. The molecule has 0 aliphatic rings. The fourth-order valence-electron chi connectivity index (χ4n) is 5.07. The van der Waals surface area contributed by atoms with E-state index >= 15 is 0 Å². The Morgan fingerprint density at radius 2 is 1.16 bits per heavy atom. The summed E-state index contributed by atoms with van der Waals surface area (Å²) in [5.41, 5.74) is 5.69. The molecule has 31 heavy (non-hydrogen) atoms. The summed E-state index contributed by atoms with van der Waals surface area (Å²) in [6.45, 7) is 0. The van der Waals surface area contributed by atoms with E-state index < -0.39 is 0 Å². The molecular weight excluding hydrogens is 400 g/mol. The summed E-state index contributed by atoms with van der Waals surface area (Å²) < 4.78 is 2.31. The molecule has 2 heterocycles. The Morgan fingerprint density at radius 1 is 0.548 bits per heavy atom. The van der Waals surface area contributed by atoms with Gasteiger partial charge in [0.2, 0.25) is 0 Å². The van der Waals surface area contributed by atoms with Crippen molar-refractivity contribution in [1.82, 2.24) is 9.55 Å². The van der Waals surface area contributed by atoms with Gasteiger partial charge in [0.05, 0.1) is 27.3 Å². The molecular formula is C28H17ClN2. The van der Waals surface area contributed by atoms with Crippen molar-refractivity contribution in [1.29, 1.82) is 0 Å². The number of aromatic nitrogens is 2. The van der Waals surface area contributed by atoms with Gasteiger partial charge in [-0.25, -0.2) is 0 Å². The van der Waals surface area contributed by atoms with E-state index in [1.165, 1.54) is 43.4 Å². The number of para-hydroxylation sites is 3. The van der Waals surface area contributed by atoms with E-state index in [9.17, 15) is 0 Å². The molecule has 0 bridgehead atoms. The predicted octanol–water partition coefficient (Wildman–Crippen LogP) is 8.22. The number of fused-ring (bicyclic) bond motifs is 9. The minimum atomic E-state index is 0.744. The number of halogens is 1. The van der Waals surface area contributed by atoms with Crippen molar-refractivity contribution in [3.8, 4) is 5.69 Å². The minimum absolute atomic E-state index is 0.744. The Morgan fingerprint density at radius 3 is 2.00 bits per heavy atom. The van der Waals surface area contributed by atoms with Gasteiger partial charge >= 0.3 is 0 Å². The zero-order valence-corrected chi connectivity index (χ0v) is 17.3.